The van der Waals surface area contributed by atoms with E-state index in [1.807, 2.05) is 24.3 Å². The summed E-state index contributed by atoms with van der Waals surface area (Å²) in [7, 11) is 0. The van der Waals surface area contributed by atoms with E-state index in [9.17, 15) is 0 Å². The first-order valence-electron chi connectivity index (χ1n) is 5.97. The van der Waals surface area contributed by atoms with Crippen LogP contribution in [-0.4, -0.2) is 15.8 Å². The van der Waals surface area contributed by atoms with E-state index >= 15 is 0 Å². The average Bonchev–Trinajstić information content (AvgIpc) is 2.83. The minimum absolute atomic E-state index is 0.644. The van der Waals surface area contributed by atoms with Crippen LogP contribution in [0, 0.1) is 0 Å². The maximum Gasteiger partial charge on any atom is 0.138 e. The second-order valence-electron chi connectivity index (χ2n) is 4.24. The number of aromatic nitrogens is 2. The molecule has 0 aliphatic rings. The molecule has 0 aliphatic heterocycles. The van der Waals surface area contributed by atoms with E-state index in [0.717, 1.165) is 28.8 Å². The van der Waals surface area contributed by atoms with Gasteiger partial charge in [0, 0.05) is 11.4 Å². The molecule has 18 heavy (non-hydrogen) atoms. The lowest BCUT2D eigenvalue weighted by atomic mass is 10.1. The Morgan fingerprint density at radius 3 is 2.67 bits per heavy atom. The summed E-state index contributed by atoms with van der Waals surface area (Å²) in [6.45, 7) is 0. The highest BCUT2D eigenvalue weighted by Crippen LogP contribution is 2.21. The summed E-state index contributed by atoms with van der Waals surface area (Å²) < 4.78 is 0. The lowest BCUT2D eigenvalue weighted by Gasteiger charge is -1.96. The smallest absolute Gasteiger partial charge is 0.138 e. The van der Waals surface area contributed by atoms with Crippen molar-refractivity contribution in [3.05, 3.63) is 54.1 Å². The van der Waals surface area contributed by atoms with Gasteiger partial charge in [-0.1, -0.05) is 36.4 Å². The fourth-order valence-electron chi connectivity index (χ4n) is 2.05. The fraction of sp³-hybridized carbons (Fsp3) is 0.133. The first kappa shape index (κ1) is 11.3. The Balaban J connectivity index is 2.06. The summed E-state index contributed by atoms with van der Waals surface area (Å²) in [4.78, 5) is 7.95. The maximum absolute atomic E-state index is 5.76. The van der Waals surface area contributed by atoms with Crippen molar-refractivity contribution in [1.82, 2.24) is 9.97 Å². The number of alkyl halides is 1. The molecule has 90 valence electrons. The van der Waals surface area contributed by atoms with E-state index < -0.39 is 0 Å². The molecule has 2 nitrogen and oxygen atoms in total. The Labute approximate surface area is 111 Å². The summed E-state index contributed by atoms with van der Waals surface area (Å²) in [6, 6.07) is 16.4. The second kappa shape index (κ2) is 4.83. The fourth-order valence-corrected chi connectivity index (χ4v) is 2.27. The van der Waals surface area contributed by atoms with Gasteiger partial charge in [0.25, 0.3) is 0 Å². The summed E-state index contributed by atoms with van der Waals surface area (Å²) in [5.41, 5.74) is 4.40. The topological polar surface area (TPSA) is 28.7 Å². The number of hydrogen-bond acceptors (Lipinski definition) is 1. The maximum atomic E-state index is 5.76. The number of H-pyrrole nitrogens is 1. The van der Waals surface area contributed by atoms with Crippen molar-refractivity contribution < 1.29 is 0 Å². The molecule has 0 amide bonds. The largest absolute Gasteiger partial charge is 0.338 e. The third-order valence-electron chi connectivity index (χ3n) is 2.98. The number of imidazole rings is 1. The Kier molecular flexibility index (Phi) is 3.03. The molecule has 0 fully saturated rings. The van der Waals surface area contributed by atoms with E-state index in [4.69, 9.17) is 11.6 Å². The van der Waals surface area contributed by atoms with Crippen LogP contribution in [0.15, 0.2) is 48.5 Å². The molecule has 0 unspecified atom stereocenters. The first-order valence-corrected chi connectivity index (χ1v) is 6.50. The van der Waals surface area contributed by atoms with Crippen LogP contribution < -0.4 is 0 Å². The number of aromatic amines is 1. The Bertz CT molecular complexity index is 659. The van der Waals surface area contributed by atoms with E-state index in [1.54, 1.807) is 0 Å². The molecular weight excluding hydrogens is 244 g/mol. The van der Waals surface area contributed by atoms with Crippen molar-refractivity contribution in [2.75, 3.05) is 5.88 Å². The SMILES string of the molecule is ClCCc1ccc2nc(-c3ccccc3)[nH]c2c1. The van der Waals surface area contributed by atoms with Gasteiger partial charge in [-0.3, -0.25) is 0 Å². The molecular formula is C15H13ClN2. The van der Waals surface area contributed by atoms with Crippen molar-refractivity contribution in [1.29, 1.82) is 0 Å². The number of hydrogen-bond donors (Lipinski definition) is 1. The van der Waals surface area contributed by atoms with Crippen LogP contribution in [0.25, 0.3) is 22.4 Å². The lowest BCUT2D eigenvalue weighted by Crippen LogP contribution is -1.84. The number of fused-ring (bicyclic) bond motifs is 1. The lowest BCUT2D eigenvalue weighted by molar-refractivity contribution is 1.15. The van der Waals surface area contributed by atoms with Crippen LogP contribution in [0.1, 0.15) is 5.56 Å². The van der Waals surface area contributed by atoms with Gasteiger partial charge in [-0.2, -0.15) is 0 Å². The minimum Gasteiger partial charge on any atom is -0.338 e. The molecule has 0 radical (unpaired) electrons. The van der Waals surface area contributed by atoms with Gasteiger partial charge in [0.05, 0.1) is 11.0 Å². The first-order chi connectivity index (χ1) is 8.86. The summed E-state index contributed by atoms with van der Waals surface area (Å²) in [6.07, 6.45) is 0.886. The highest BCUT2D eigenvalue weighted by molar-refractivity contribution is 6.18. The van der Waals surface area contributed by atoms with Crippen LogP contribution in [0.3, 0.4) is 0 Å². The van der Waals surface area contributed by atoms with Crippen LogP contribution in [0.4, 0.5) is 0 Å². The van der Waals surface area contributed by atoms with E-state index in [-0.39, 0.29) is 0 Å². The molecule has 0 atom stereocenters. The van der Waals surface area contributed by atoms with Crippen LogP contribution in [0.2, 0.25) is 0 Å². The van der Waals surface area contributed by atoms with E-state index in [2.05, 4.69) is 34.2 Å². The zero-order chi connectivity index (χ0) is 12.4. The Morgan fingerprint density at radius 1 is 1.06 bits per heavy atom. The van der Waals surface area contributed by atoms with Crippen molar-refractivity contribution in [2.45, 2.75) is 6.42 Å². The number of halogens is 1. The molecule has 1 heterocycles. The molecule has 1 N–H and O–H groups in total. The van der Waals surface area contributed by atoms with Gasteiger partial charge in [0.2, 0.25) is 0 Å². The van der Waals surface area contributed by atoms with Crippen molar-refractivity contribution in [3.8, 4) is 11.4 Å². The highest BCUT2D eigenvalue weighted by atomic mass is 35.5. The normalized spacial score (nSPS) is 10.9. The summed E-state index contributed by atoms with van der Waals surface area (Å²) in [5, 5.41) is 0. The predicted octanol–water partition coefficient (Wildman–Crippen LogP) is 4.01. The van der Waals surface area contributed by atoms with Crippen LogP contribution in [-0.2, 0) is 6.42 Å². The number of rotatable bonds is 3. The third-order valence-corrected chi connectivity index (χ3v) is 3.17. The van der Waals surface area contributed by atoms with Crippen molar-refractivity contribution >= 4 is 22.6 Å². The van der Waals surface area contributed by atoms with Crippen LogP contribution >= 0.6 is 11.6 Å². The summed E-state index contributed by atoms with van der Waals surface area (Å²) in [5.74, 6) is 1.55. The van der Waals surface area contributed by atoms with Gasteiger partial charge in [-0.05, 0) is 24.1 Å². The Hall–Kier alpha value is -1.80. The number of benzene rings is 2. The van der Waals surface area contributed by atoms with Crippen LogP contribution in [0.5, 0.6) is 0 Å². The van der Waals surface area contributed by atoms with E-state index in [1.165, 1.54) is 5.56 Å². The van der Waals surface area contributed by atoms with Crippen molar-refractivity contribution in [3.63, 3.8) is 0 Å². The second-order valence-corrected chi connectivity index (χ2v) is 4.62. The van der Waals surface area contributed by atoms with Gasteiger partial charge >= 0.3 is 0 Å². The van der Waals surface area contributed by atoms with Crippen molar-refractivity contribution in [2.24, 2.45) is 0 Å². The number of aryl methyl sites for hydroxylation is 1. The monoisotopic (exact) mass is 256 g/mol. The van der Waals surface area contributed by atoms with Gasteiger partial charge in [0.15, 0.2) is 0 Å². The zero-order valence-electron chi connectivity index (χ0n) is 9.86. The molecule has 2 aromatic carbocycles. The molecule has 0 saturated carbocycles. The Morgan fingerprint density at radius 2 is 1.89 bits per heavy atom. The molecule has 1 aromatic heterocycles. The van der Waals surface area contributed by atoms with Gasteiger partial charge in [-0.15, -0.1) is 11.6 Å². The number of nitrogens with one attached hydrogen (secondary N) is 1. The average molecular weight is 257 g/mol. The van der Waals surface area contributed by atoms with Gasteiger partial charge < -0.3 is 4.98 Å². The molecule has 3 rings (SSSR count). The zero-order valence-corrected chi connectivity index (χ0v) is 10.6. The highest BCUT2D eigenvalue weighted by Gasteiger charge is 2.05. The molecule has 0 saturated heterocycles. The van der Waals surface area contributed by atoms with Gasteiger partial charge in [0.1, 0.15) is 5.82 Å². The molecule has 0 bridgehead atoms. The molecule has 3 heteroatoms. The summed E-state index contributed by atoms with van der Waals surface area (Å²) >= 11 is 5.76. The van der Waals surface area contributed by atoms with Gasteiger partial charge in [-0.25, -0.2) is 4.98 Å². The predicted molar refractivity (Wildman–Crippen MR) is 76.0 cm³/mol. The minimum atomic E-state index is 0.644. The molecule has 0 spiro atoms. The standard InChI is InChI=1S/C15H13ClN2/c16-9-8-11-6-7-13-14(10-11)18-15(17-13)12-4-2-1-3-5-12/h1-7,10H,8-9H2,(H,17,18). The number of nitrogens with zero attached hydrogens (tertiary/aromatic N) is 1. The molecule has 3 aromatic rings. The quantitative estimate of drug-likeness (QED) is 0.705. The molecule has 0 aliphatic carbocycles. The van der Waals surface area contributed by atoms with E-state index in [0.29, 0.717) is 5.88 Å². The third kappa shape index (κ3) is 2.12.